The average Bonchev–Trinajstić information content (AvgIpc) is 3.19. The lowest BCUT2D eigenvalue weighted by molar-refractivity contribution is -0.124. The molecule has 29 heavy (non-hydrogen) atoms. The zero-order chi connectivity index (χ0) is 20.8. The number of para-hydroxylation sites is 1. The average molecular weight is 416 g/mol. The SMILES string of the molecule is COc1ccccc1C(=O)NC(C(=O)NCCN1CCc2sccc2C1)C(C)C. The Kier molecular flexibility index (Phi) is 7.28. The van der Waals surface area contributed by atoms with Gasteiger partial charge in [0.25, 0.3) is 5.91 Å². The molecule has 3 rings (SSSR count). The van der Waals surface area contributed by atoms with Gasteiger partial charge in [-0.3, -0.25) is 14.5 Å². The topological polar surface area (TPSA) is 70.7 Å². The fraction of sp³-hybridized carbons (Fsp3) is 0.455. The van der Waals surface area contributed by atoms with Crippen molar-refractivity contribution < 1.29 is 14.3 Å². The molecule has 1 atom stereocenters. The second-order valence-electron chi connectivity index (χ2n) is 7.58. The third kappa shape index (κ3) is 5.36. The van der Waals surface area contributed by atoms with Crippen LogP contribution in [0.5, 0.6) is 5.75 Å². The summed E-state index contributed by atoms with van der Waals surface area (Å²) in [5.74, 6) is -0.00313. The van der Waals surface area contributed by atoms with E-state index in [1.807, 2.05) is 31.3 Å². The molecule has 1 aromatic heterocycles. The number of hydrogen-bond donors (Lipinski definition) is 2. The maximum atomic E-state index is 12.7. The minimum absolute atomic E-state index is 0.0305. The standard InChI is InChI=1S/C22H29N3O3S/c1-15(2)20(24-21(26)17-6-4-5-7-18(17)28-3)22(27)23-10-12-25-11-8-19-16(14-25)9-13-29-19/h4-7,9,13,15,20H,8,10-12,14H2,1-3H3,(H,23,27)(H,24,26). The van der Waals surface area contributed by atoms with Crippen molar-refractivity contribution in [2.24, 2.45) is 5.92 Å². The van der Waals surface area contributed by atoms with Crippen molar-refractivity contribution in [3.63, 3.8) is 0 Å². The summed E-state index contributed by atoms with van der Waals surface area (Å²) in [6.07, 6.45) is 1.07. The third-order valence-corrected chi connectivity index (χ3v) is 6.22. The first kappa shape index (κ1) is 21.3. The largest absolute Gasteiger partial charge is 0.496 e. The molecule has 0 fully saturated rings. The quantitative estimate of drug-likeness (QED) is 0.696. The number of rotatable bonds is 8. The van der Waals surface area contributed by atoms with E-state index < -0.39 is 6.04 Å². The summed E-state index contributed by atoms with van der Waals surface area (Å²) in [5.41, 5.74) is 1.82. The summed E-state index contributed by atoms with van der Waals surface area (Å²) in [4.78, 5) is 29.2. The number of amides is 2. The first-order valence-corrected chi connectivity index (χ1v) is 10.9. The Bertz CT molecular complexity index is 849. The molecule has 0 radical (unpaired) electrons. The maximum Gasteiger partial charge on any atom is 0.255 e. The van der Waals surface area contributed by atoms with Gasteiger partial charge in [0.15, 0.2) is 0 Å². The highest BCUT2D eigenvalue weighted by Gasteiger charge is 2.26. The number of nitrogens with zero attached hydrogens (tertiary/aromatic N) is 1. The molecule has 6 nitrogen and oxygen atoms in total. The van der Waals surface area contributed by atoms with E-state index in [4.69, 9.17) is 4.74 Å². The second kappa shape index (κ2) is 9.89. The monoisotopic (exact) mass is 415 g/mol. The molecule has 156 valence electrons. The Balaban J connectivity index is 1.52. The van der Waals surface area contributed by atoms with E-state index in [0.717, 1.165) is 26.1 Å². The lowest BCUT2D eigenvalue weighted by Crippen LogP contribution is -2.51. The molecule has 7 heteroatoms. The highest BCUT2D eigenvalue weighted by molar-refractivity contribution is 7.10. The predicted octanol–water partition coefficient (Wildman–Crippen LogP) is 2.69. The van der Waals surface area contributed by atoms with Crippen LogP contribution in [0.25, 0.3) is 0 Å². The van der Waals surface area contributed by atoms with E-state index in [0.29, 0.717) is 17.9 Å². The van der Waals surface area contributed by atoms with Crippen LogP contribution in [0, 0.1) is 5.92 Å². The van der Waals surface area contributed by atoms with Gasteiger partial charge < -0.3 is 15.4 Å². The van der Waals surface area contributed by atoms with Gasteiger partial charge in [-0.25, -0.2) is 0 Å². The first-order chi connectivity index (χ1) is 14.0. The van der Waals surface area contributed by atoms with Crippen LogP contribution in [0.2, 0.25) is 0 Å². The highest BCUT2D eigenvalue weighted by Crippen LogP contribution is 2.23. The van der Waals surface area contributed by atoms with E-state index in [1.54, 1.807) is 18.2 Å². The van der Waals surface area contributed by atoms with Gasteiger partial charge in [-0.2, -0.15) is 0 Å². The zero-order valence-corrected chi connectivity index (χ0v) is 18.1. The summed E-state index contributed by atoms with van der Waals surface area (Å²) in [6.45, 7) is 7.16. The van der Waals surface area contributed by atoms with Crippen molar-refractivity contribution in [2.45, 2.75) is 32.9 Å². The number of fused-ring (bicyclic) bond motifs is 1. The molecule has 1 aromatic carbocycles. The van der Waals surface area contributed by atoms with E-state index in [9.17, 15) is 9.59 Å². The zero-order valence-electron chi connectivity index (χ0n) is 17.2. The minimum atomic E-state index is -0.600. The smallest absolute Gasteiger partial charge is 0.255 e. The Morgan fingerprint density at radius 2 is 2.03 bits per heavy atom. The molecule has 0 spiro atoms. The van der Waals surface area contributed by atoms with Crippen molar-refractivity contribution in [1.82, 2.24) is 15.5 Å². The van der Waals surface area contributed by atoms with Crippen molar-refractivity contribution in [2.75, 3.05) is 26.7 Å². The van der Waals surface area contributed by atoms with Crippen LogP contribution in [0.4, 0.5) is 0 Å². The van der Waals surface area contributed by atoms with Gasteiger partial charge >= 0.3 is 0 Å². The summed E-state index contributed by atoms with van der Waals surface area (Å²) in [5, 5.41) is 8.00. The molecule has 2 N–H and O–H groups in total. The molecule has 0 saturated carbocycles. The van der Waals surface area contributed by atoms with Gasteiger partial charge in [-0.15, -0.1) is 11.3 Å². The molecule has 1 aliphatic heterocycles. The number of thiophene rings is 1. The summed E-state index contributed by atoms with van der Waals surface area (Å²) in [6, 6.07) is 8.60. The van der Waals surface area contributed by atoms with Crippen molar-refractivity contribution in [3.8, 4) is 5.75 Å². The summed E-state index contributed by atoms with van der Waals surface area (Å²) < 4.78 is 5.25. The number of benzene rings is 1. The molecule has 2 amide bonds. The fourth-order valence-electron chi connectivity index (χ4n) is 3.53. The van der Waals surface area contributed by atoms with Gasteiger partial charge in [0.05, 0.1) is 12.7 Å². The molecule has 0 aliphatic carbocycles. The molecule has 1 unspecified atom stereocenters. The molecule has 1 aliphatic rings. The number of hydrogen-bond acceptors (Lipinski definition) is 5. The number of nitrogens with one attached hydrogen (secondary N) is 2. The second-order valence-corrected chi connectivity index (χ2v) is 8.58. The molecule has 2 aromatic rings. The predicted molar refractivity (Wildman–Crippen MR) is 115 cm³/mol. The van der Waals surface area contributed by atoms with E-state index >= 15 is 0 Å². The van der Waals surface area contributed by atoms with Crippen LogP contribution in [0.1, 0.15) is 34.6 Å². The Labute approximate surface area is 176 Å². The van der Waals surface area contributed by atoms with Crippen molar-refractivity contribution in [1.29, 1.82) is 0 Å². The molecular weight excluding hydrogens is 386 g/mol. The number of carbonyl (C=O) groups is 2. The lowest BCUT2D eigenvalue weighted by Gasteiger charge is -2.27. The summed E-state index contributed by atoms with van der Waals surface area (Å²) >= 11 is 1.82. The maximum absolute atomic E-state index is 12.7. The molecule has 2 heterocycles. The lowest BCUT2D eigenvalue weighted by atomic mass is 10.0. The number of methoxy groups -OCH3 is 1. The van der Waals surface area contributed by atoms with Gasteiger partial charge in [-0.1, -0.05) is 26.0 Å². The highest BCUT2D eigenvalue weighted by atomic mass is 32.1. The van der Waals surface area contributed by atoms with Gasteiger partial charge in [-0.05, 0) is 41.5 Å². The normalized spacial score (nSPS) is 14.9. The third-order valence-electron chi connectivity index (χ3n) is 5.20. The van der Waals surface area contributed by atoms with Gasteiger partial charge in [0, 0.05) is 31.1 Å². The molecular formula is C22H29N3O3S. The Hall–Kier alpha value is -2.38. The molecule has 0 saturated heterocycles. The van der Waals surface area contributed by atoms with Crippen LogP contribution in [-0.4, -0.2) is 49.5 Å². The number of carbonyl (C=O) groups excluding carboxylic acids is 2. The Morgan fingerprint density at radius 1 is 1.24 bits per heavy atom. The van der Waals surface area contributed by atoms with Crippen molar-refractivity contribution in [3.05, 3.63) is 51.7 Å². The van der Waals surface area contributed by atoms with Gasteiger partial charge in [0.1, 0.15) is 11.8 Å². The molecule has 0 bridgehead atoms. The minimum Gasteiger partial charge on any atom is -0.496 e. The van der Waals surface area contributed by atoms with Crippen LogP contribution < -0.4 is 15.4 Å². The van der Waals surface area contributed by atoms with E-state index in [2.05, 4.69) is 27.0 Å². The number of ether oxygens (including phenoxy) is 1. The van der Waals surface area contributed by atoms with Crippen LogP contribution in [0.3, 0.4) is 0 Å². The Morgan fingerprint density at radius 3 is 2.79 bits per heavy atom. The van der Waals surface area contributed by atoms with Crippen molar-refractivity contribution >= 4 is 23.2 Å². The van der Waals surface area contributed by atoms with Crippen LogP contribution in [0.15, 0.2) is 35.7 Å². The van der Waals surface area contributed by atoms with E-state index in [-0.39, 0.29) is 17.7 Å². The first-order valence-electron chi connectivity index (χ1n) is 9.98. The van der Waals surface area contributed by atoms with Gasteiger partial charge in [0.2, 0.25) is 5.91 Å². The van der Waals surface area contributed by atoms with Crippen LogP contribution in [-0.2, 0) is 17.8 Å². The fourth-order valence-corrected chi connectivity index (χ4v) is 4.42. The summed E-state index contributed by atoms with van der Waals surface area (Å²) in [7, 11) is 1.53. The van der Waals surface area contributed by atoms with Crippen LogP contribution >= 0.6 is 11.3 Å². The van der Waals surface area contributed by atoms with E-state index in [1.165, 1.54) is 17.6 Å².